The third-order valence-electron chi connectivity index (χ3n) is 10.9. The van der Waals surface area contributed by atoms with Gasteiger partial charge in [-0.3, -0.25) is 0 Å². The lowest BCUT2D eigenvalue weighted by atomic mass is 9.86. The standard InChI is InChI=1S/C48H49N4.3BF4/c1-47(2,3)35-20-16-32(17-21-35)46-51(9)44-38-26-18-33(42-14-10-12-28-49(42)7)30-40(38)41-31-34(43-15-11-13-29-50(43)8)19-27-39(41)45(44)52(46)37-24-22-36(23-25-37)48(4,5)6;3*2-1(3,4)5/h10-31H,1-9H3;;;/q+3;3*-1. The Morgan fingerprint density at radius 1 is 0.418 bits per heavy atom. The third-order valence-corrected chi connectivity index (χ3v) is 10.9. The quantitative estimate of drug-likeness (QED) is 0.0724. The zero-order valence-corrected chi connectivity index (χ0v) is 38.3. The smallest absolute Gasteiger partial charge is 0.418 e. The number of aromatic nitrogens is 4. The maximum absolute atomic E-state index is 9.75. The summed E-state index contributed by atoms with van der Waals surface area (Å²) in [6.45, 7) is 13.7. The van der Waals surface area contributed by atoms with Crippen LogP contribution in [0.3, 0.4) is 0 Å². The summed E-state index contributed by atoms with van der Waals surface area (Å²) in [5, 5.41) is 4.95. The van der Waals surface area contributed by atoms with Gasteiger partial charge in [0.15, 0.2) is 23.4 Å². The highest BCUT2D eigenvalue weighted by molar-refractivity contribution is 6.50. The number of imidazole rings is 1. The van der Waals surface area contributed by atoms with Crippen molar-refractivity contribution in [1.29, 1.82) is 0 Å². The van der Waals surface area contributed by atoms with Crippen molar-refractivity contribution >= 4 is 54.3 Å². The van der Waals surface area contributed by atoms with Crippen molar-refractivity contribution in [3.63, 3.8) is 0 Å². The van der Waals surface area contributed by atoms with Gasteiger partial charge in [0.25, 0.3) is 5.82 Å². The summed E-state index contributed by atoms with van der Waals surface area (Å²) in [4.78, 5) is 0. The van der Waals surface area contributed by atoms with Gasteiger partial charge in [-0.15, -0.1) is 0 Å². The molecule has 8 rings (SSSR count). The van der Waals surface area contributed by atoms with Crippen LogP contribution in [-0.2, 0) is 32.0 Å². The molecular formula is C48H49B3F12N4. The number of halogens is 12. The number of benzene rings is 5. The monoisotopic (exact) mass is 942 g/mol. The molecule has 0 atom stereocenters. The van der Waals surface area contributed by atoms with E-state index >= 15 is 0 Å². The number of fused-ring (bicyclic) bond motifs is 6. The predicted molar refractivity (Wildman–Crippen MR) is 246 cm³/mol. The van der Waals surface area contributed by atoms with Gasteiger partial charge >= 0.3 is 21.8 Å². The molecule has 0 saturated carbocycles. The minimum Gasteiger partial charge on any atom is -0.418 e. The molecule has 0 aliphatic carbocycles. The van der Waals surface area contributed by atoms with Crippen molar-refractivity contribution in [2.45, 2.75) is 52.4 Å². The topological polar surface area (TPSA) is 16.6 Å². The summed E-state index contributed by atoms with van der Waals surface area (Å²) in [5.41, 5.74) is 12.3. The maximum atomic E-state index is 9.75. The van der Waals surface area contributed by atoms with E-state index in [1.165, 1.54) is 71.8 Å². The van der Waals surface area contributed by atoms with Gasteiger partial charge in [-0.2, -0.15) is 4.57 Å². The molecule has 4 nitrogen and oxygen atoms in total. The van der Waals surface area contributed by atoms with Crippen molar-refractivity contribution in [2.75, 3.05) is 0 Å². The summed E-state index contributed by atoms with van der Waals surface area (Å²) in [6, 6.07) is 45.3. The molecule has 19 heteroatoms. The highest BCUT2D eigenvalue weighted by Gasteiger charge is 2.32. The van der Waals surface area contributed by atoms with Crippen LogP contribution in [0.25, 0.3) is 72.2 Å². The van der Waals surface area contributed by atoms with Crippen LogP contribution in [0.15, 0.2) is 134 Å². The summed E-state index contributed by atoms with van der Waals surface area (Å²) in [7, 11) is -11.5. The molecule has 0 bridgehead atoms. The second-order valence-corrected chi connectivity index (χ2v) is 17.9. The van der Waals surface area contributed by atoms with Gasteiger partial charge in [-0.25, -0.2) is 13.7 Å². The predicted octanol–water partition coefficient (Wildman–Crippen LogP) is 13.9. The van der Waals surface area contributed by atoms with Crippen LogP contribution in [0.2, 0.25) is 0 Å². The Kier molecular flexibility index (Phi) is 15.1. The average molecular weight is 942 g/mol. The van der Waals surface area contributed by atoms with Gasteiger partial charge < -0.3 is 51.8 Å². The second-order valence-electron chi connectivity index (χ2n) is 17.9. The third kappa shape index (κ3) is 13.4. The van der Waals surface area contributed by atoms with E-state index in [-0.39, 0.29) is 10.8 Å². The van der Waals surface area contributed by atoms with Gasteiger partial charge in [0.1, 0.15) is 19.8 Å². The molecule has 8 aromatic rings. The molecule has 67 heavy (non-hydrogen) atoms. The Labute approximate surface area is 381 Å². The first-order chi connectivity index (χ1) is 30.8. The number of nitrogens with zero attached hydrogens (tertiary/aromatic N) is 4. The lowest BCUT2D eigenvalue weighted by Crippen LogP contribution is -2.30. The molecule has 0 fully saturated rings. The van der Waals surface area contributed by atoms with Crippen LogP contribution in [0, 0.1) is 0 Å². The SMILES string of the molecule is C[n+]1ccccc1-c1ccc2c(c1)c1cc(-c3cccc[n+]3C)ccc1c1c2n(-c2ccc(C(C)(C)C)cc2)c(-c2ccc(C(C)(C)C)cc2)[n+]1C.F[B-](F)(F)F.F[B-](F)(F)F.F[B-](F)(F)F. The zero-order valence-electron chi connectivity index (χ0n) is 38.3. The van der Waals surface area contributed by atoms with E-state index < -0.39 is 21.8 Å². The summed E-state index contributed by atoms with van der Waals surface area (Å²) >= 11 is 0. The molecule has 0 amide bonds. The minimum atomic E-state index is -6.00. The molecule has 0 N–H and O–H groups in total. The Hall–Kier alpha value is -6.26. The van der Waals surface area contributed by atoms with E-state index in [0.717, 1.165) is 11.5 Å². The van der Waals surface area contributed by atoms with Gasteiger partial charge in [-0.05, 0) is 106 Å². The number of aryl methyl sites for hydroxylation is 3. The molecule has 0 radical (unpaired) electrons. The average Bonchev–Trinajstić information content (AvgIpc) is 3.51. The second kappa shape index (κ2) is 19.5. The van der Waals surface area contributed by atoms with E-state index in [0.29, 0.717) is 0 Å². The lowest BCUT2D eigenvalue weighted by molar-refractivity contribution is -0.660. The molecule has 3 heterocycles. The van der Waals surface area contributed by atoms with E-state index in [9.17, 15) is 51.8 Å². The number of pyridine rings is 2. The largest absolute Gasteiger partial charge is 0.673 e. The molecule has 0 saturated heterocycles. The molecule has 5 aromatic carbocycles. The normalized spacial score (nSPS) is 12.3. The fraction of sp³-hybridized carbons (Fsp3) is 0.229. The van der Waals surface area contributed by atoms with Crippen LogP contribution in [0.5, 0.6) is 0 Å². The highest BCUT2D eigenvalue weighted by atomic mass is 19.5. The molecule has 0 spiro atoms. The fourth-order valence-corrected chi connectivity index (χ4v) is 7.90. The van der Waals surface area contributed by atoms with Crippen LogP contribution in [0.4, 0.5) is 51.8 Å². The Morgan fingerprint density at radius 2 is 0.776 bits per heavy atom. The lowest BCUT2D eigenvalue weighted by Gasteiger charge is -2.19. The molecular weight excluding hydrogens is 893 g/mol. The first-order valence-electron chi connectivity index (χ1n) is 21.0. The Morgan fingerprint density at radius 3 is 1.16 bits per heavy atom. The van der Waals surface area contributed by atoms with Crippen LogP contribution >= 0.6 is 0 Å². The molecule has 354 valence electrons. The van der Waals surface area contributed by atoms with Crippen molar-refractivity contribution in [1.82, 2.24) is 4.57 Å². The van der Waals surface area contributed by atoms with E-state index in [2.05, 4.69) is 215 Å². The van der Waals surface area contributed by atoms with Crippen LogP contribution < -0.4 is 13.7 Å². The first kappa shape index (κ1) is 51.7. The van der Waals surface area contributed by atoms with Crippen molar-refractivity contribution < 1.29 is 65.5 Å². The zero-order chi connectivity index (χ0) is 50.0. The van der Waals surface area contributed by atoms with Crippen LogP contribution in [-0.4, -0.2) is 26.3 Å². The molecule has 3 aromatic heterocycles. The number of hydrogen-bond donors (Lipinski definition) is 0. The van der Waals surface area contributed by atoms with Crippen LogP contribution in [0.1, 0.15) is 52.7 Å². The van der Waals surface area contributed by atoms with E-state index in [1.54, 1.807) is 0 Å². The summed E-state index contributed by atoms with van der Waals surface area (Å²) in [6.07, 6.45) is 4.24. The summed E-state index contributed by atoms with van der Waals surface area (Å²) in [5.74, 6) is 1.16. The number of rotatable bonds is 4. The van der Waals surface area contributed by atoms with E-state index in [1.807, 2.05) is 0 Å². The van der Waals surface area contributed by atoms with Crippen molar-refractivity contribution in [3.05, 3.63) is 145 Å². The molecule has 0 aliphatic heterocycles. The first-order valence-corrected chi connectivity index (χ1v) is 21.0. The van der Waals surface area contributed by atoms with Gasteiger partial charge in [0, 0.05) is 46.2 Å². The fourth-order valence-electron chi connectivity index (χ4n) is 7.90. The van der Waals surface area contributed by atoms with Gasteiger partial charge in [0.2, 0.25) is 11.4 Å². The highest BCUT2D eigenvalue weighted by Crippen LogP contribution is 2.41. The Balaban J connectivity index is 0.000000488. The van der Waals surface area contributed by atoms with Crippen molar-refractivity contribution in [2.24, 2.45) is 21.1 Å². The molecule has 0 unspecified atom stereocenters. The Bertz CT molecular complexity index is 2960. The van der Waals surface area contributed by atoms with E-state index in [4.69, 9.17) is 0 Å². The van der Waals surface area contributed by atoms with Crippen molar-refractivity contribution in [3.8, 4) is 39.6 Å². The molecule has 0 aliphatic rings. The summed E-state index contributed by atoms with van der Waals surface area (Å²) < 4.78 is 126. The van der Waals surface area contributed by atoms with Gasteiger partial charge in [0.05, 0.1) is 12.6 Å². The van der Waals surface area contributed by atoms with Gasteiger partial charge in [-0.1, -0.05) is 65.8 Å². The minimum absolute atomic E-state index is 0.0630. The maximum Gasteiger partial charge on any atom is 0.673 e. The number of hydrogen-bond acceptors (Lipinski definition) is 0.